The first kappa shape index (κ1) is 13.5. The molecule has 0 bridgehead atoms. The maximum absolute atomic E-state index is 5.21. The molecule has 0 aliphatic rings. The molecule has 0 saturated carbocycles. The minimum atomic E-state index is 0.809. The highest BCUT2D eigenvalue weighted by atomic mass is 16.5. The van der Waals surface area contributed by atoms with Gasteiger partial charge in [-0.05, 0) is 36.4 Å². The van der Waals surface area contributed by atoms with Gasteiger partial charge < -0.3 is 4.74 Å². The van der Waals surface area contributed by atoms with Gasteiger partial charge in [-0.3, -0.25) is 14.4 Å². The van der Waals surface area contributed by atoms with Crippen LogP contribution in [0.2, 0.25) is 0 Å². The van der Waals surface area contributed by atoms with Crippen LogP contribution >= 0.6 is 0 Å². The number of ether oxygens (including phenoxy) is 1. The molecule has 3 aromatic heterocycles. The minimum absolute atomic E-state index is 0.809. The van der Waals surface area contributed by atoms with Crippen molar-refractivity contribution < 1.29 is 4.74 Å². The average molecular weight is 302 g/mol. The number of rotatable bonds is 3. The summed E-state index contributed by atoms with van der Waals surface area (Å²) in [5.41, 5.74) is 4.72. The normalized spacial score (nSPS) is 10.8. The second kappa shape index (κ2) is 5.53. The van der Waals surface area contributed by atoms with E-state index in [4.69, 9.17) is 4.74 Å². The van der Waals surface area contributed by atoms with Crippen LogP contribution in [0.3, 0.4) is 0 Å². The highest BCUT2D eigenvalue weighted by Crippen LogP contribution is 2.25. The quantitative estimate of drug-likeness (QED) is 0.581. The maximum atomic E-state index is 5.21. The summed E-state index contributed by atoms with van der Waals surface area (Å²) in [4.78, 5) is 13.0. The molecule has 0 aliphatic heterocycles. The van der Waals surface area contributed by atoms with E-state index in [0.717, 1.165) is 33.9 Å². The monoisotopic (exact) mass is 302 g/mol. The molecule has 5 heteroatoms. The molecule has 23 heavy (non-hydrogen) atoms. The van der Waals surface area contributed by atoms with E-state index in [-0.39, 0.29) is 0 Å². The zero-order valence-corrected chi connectivity index (χ0v) is 12.5. The predicted octanol–water partition coefficient (Wildman–Crippen LogP) is 3.47. The van der Waals surface area contributed by atoms with Gasteiger partial charge >= 0.3 is 0 Å². The van der Waals surface area contributed by atoms with Gasteiger partial charge in [0.25, 0.3) is 0 Å². The van der Waals surface area contributed by atoms with Gasteiger partial charge in [0.15, 0.2) is 5.65 Å². The van der Waals surface area contributed by atoms with Crippen molar-refractivity contribution in [3.8, 4) is 28.3 Å². The zero-order valence-electron chi connectivity index (χ0n) is 12.5. The Kier molecular flexibility index (Phi) is 3.24. The number of pyridine rings is 1. The number of imidazole rings is 1. The van der Waals surface area contributed by atoms with Crippen LogP contribution in [-0.2, 0) is 0 Å². The maximum Gasteiger partial charge on any atom is 0.155 e. The third-order valence-corrected chi connectivity index (χ3v) is 3.74. The Bertz CT molecular complexity index is 946. The van der Waals surface area contributed by atoms with Crippen LogP contribution in [0.1, 0.15) is 0 Å². The summed E-state index contributed by atoms with van der Waals surface area (Å²) in [5, 5.41) is 0. The number of nitrogens with zero attached hydrogens (tertiary/aromatic N) is 4. The molecule has 4 aromatic rings. The molecule has 0 radical (unpaired) electrons. The number of aromatic nitrogens is 4. The molecule has 5 nitrogen and oxygen atoms in total. The molecular weight excluding hydrogens is 288 g/mol. The largest absolute Gasteiger partial charge is 0.497 e. The third kappa shape index (κ3) is 2.42. The average Bonchev–Trinajstić information content (AvgIpc) is 3.05. The van der Waals surface area contributed by atoms with Gasteiger partial charge in [-0.15, -0.1) is 0 Å². The van der Waals surface area contributed by atoms with Crippen LogP contribution in [0.15, 0.2) is 67.4 Å². The summed E-state index contributed by atoms with van der Waals surface area (Å²) in [7, 11) is 1.66. The first-order chi connectivity index (χ1) is 11.3. The molecule has 0 saturated heterocycles. The molecule has 3 heterocycles. The highest BCUT2D eigenvalue weighted by Gasteiger charge is 2.08. The Balaban J connectivity index is 1.84. The van der Waals surface area contributed by atoms with E-state index >= 15 is 0 Å². The Morgan fingerprint density at radius 1 is 0.913 bits per heavy atom. The molecule has 0 fully saturated rings. The molecule has 0 N–H and O–H groups in total. The van der Waals surface area contributed by atoms with Gasteiger partial charge in [0, 0.05) is 29.7 Å². The number of hydrogen-bond donors (Lipinski definition) is 0. The molecule has 0 aliphatic carbocycles. The van der Waals surface area contributed by atoms with Crippen molar-refractivity contribution in [2.45, 2.75) is 0 Å². The second-order valence-electron chi connectivity index (χ2n) is 5.11. The summed E-state index contributed by atoms with van der Waals surface area (Å²) >= 11 is 0. The fourth-order valence-corrected chi connectivity index (χ4v) is 2.53. The van der Waals surface area contributed by atoms with Crippen LogP contribution in [0.25, 0.3) is 28.2 Å². The van der Waals surface area contributed by atoms with Crippen molar-refractivity contribution in [3.63, 3.8) is 0 Å². The topological polar surface area (TPSA) is 52.3 Å². The van der Waals surface area contributed by atoms with Gasteiger partial charge in [0.2, 0.25) is 0 Å². The molecule has 4 rings (SSSR count). The van der Waals surface area contributed by atoms with Crippen LogP contribution in [-0.4, -0.2) is 26.5 Å². The van der Waals surface area contributed by atoms with E-state index < -0.39 is 0 Å². The zero-order chi connectivity index (χ0) is 15.6. The number of benzene rings is 1. The van der Waals surface area contributed by atoms with Crippen LogP contribution in [0, 0.1) is 0 Å². The molecule has 0 spiro atoms. The number of fused-ring (bicyclic) bond motifs is 1. The standard InChI is InChI=1S/C18H14N4O/c1-23-15-6-4-13(5-7-15)17-10-21-18-11-20-16(12-22(17)18)14-3-2-8-19-9-14/h2-12H,1H3. The summed E-state index contributed by atoms with van der Waals surface area (Å²) in [6.07, 6.45) is 9.17. The van der Waals surface area contributed by atoms with Gasteiger partial charge in [-0.25, -0.2) is 4.98 Å². The van der Waals surface area contributed by atoms with Crippen molar-refractivity contribution in [2.75, 3.05) is 7.11 Å². The van der Waals surface area contributed by atoms with Gasteiger partial charge in [0.1, 0.15) is 5.75 Å². The van der Waals surface area contributed by atoms with Gasteiger partial charge in [-0.2, -0.15) is 0 Å². The lowest BCUT2D eigenvalue weighted by Crippen LogP contribution is -1.93. The summed E-state index contributed by atoms with van der Waals surface area (Å²) in [6, 6.07) is 11.8. The van der Waals surface area contributed by atoms with Crippen LogP contribution in [0.5, 0.6) is 5.75 Å². The number of hydrogen-bond acceptors (Lipinski definition) is 4. The first-order valence-corrected chi connectivity index (χ1v) is 7.23. The van der Waals surface area contributed by atoms with Gasteiger partial charge in [0.05, 0.1) is 30.9 Å². The Morgan fingerprint density at radius 2 is 1.78 bits per heavy atom. The molecule has 0 unspecified atom stereocenters. The Labute approximate surface area is 133 Å². The van der Waals surface area contributed by atoms with Crippen molar-refractivity contribution in [1.82, 2.24) is 19.4 Å². The lowest BCUT2D eigenvalue weighted by atomic mass is 10.1. The lowest BCUT2D eigenvalue weighted by molar-refractivity contribution is 0.415. The minimum Gasteiger partial charge on any atom is -0.497 e. The second-order valence-corrected chi connectivity index (χ2v) is 5.11. The molecular formula is C18H14N4O. The lowest BCUT2D eigenvalue weighted by Gasteiger charge is -2.06. The third-order valence-electron chi connectivity index (χ3n) is 3.74. The van der Waals surface area contributed by atoms with Gasteiger partial charge in [-0.1, -0.05) is 0 Å². The first-order valence-electron chi connectivity index (χ1n) is 7.23. The summed E-state index contributed by atoms with van der Waals surface area (Å²) in [5.74, 6) is 0.834. The molecule has 0 amide bonds. The summed E-state index contributed by atoms with van der Waals surface area (Å²) < 4.78 is 7.25. The van der Waals surface area contributed by atoms with Crippen molar-refractivity contribution in [2.24, 2.45) is 0 Å². The van der Waals surface area contributed by atoms with E-state index in [1.807, 2.05) is 53.2 Å². The van der Waals surface area contributed by atoms with Crippen molar-refractivity contribution >= 4 is 5.65 Å². The fourth-order valence-electron chi connectivity index (χ4n) is 2.53. The van der Waals surface area contributed by atoms with E-state index in [1.165, 1.54) is 0 Å². The summed E-state index contributed by atoms with van der Waals surface area (Å²) in [6.45, 7) is 0. The molecule has 1 aromatic carbocycles. The van der Waals surface area contributed by atoms with Crippen LogP contribution < -0.4 is 4.74 Å². The van der Waals surface area contributed by atoms with Crippen molar-refractivity contribution in [1.29, 1.82) is 0 Å². The Hall–Kier alpha value is -3.21. The SMILES string of the molecule is COc1ccc(-c2cnc3cnc(-c4cccnc4)cn23)cc1. The predicted molar refractivity (Wildman–Crippen MR) is 88.2 cm³/mol. The fraction of sp³-hybridized carbons (Fsp3) is 0.0556. The van der Waals surface area contributed by atoms with Crippen LogP contribution in [0.4, 0.5) is 0 Å². The Morgan fingerprint density at radius 3 is 2.52 bits per heavy atom. The van der Waals surface area contributed by atoms with E-state index in [9.17, 15) is 0 Å². The number of methoxy groups -OCH3 is 1. The van der Waals surface area contributed by atoms with E-state index in [0.29, 0.717) is 0 Å². The molecule has 0 atom stereocenters. The smallest absolute Gasteiger partial charge is 0.155 e. The molecule has 112 valence electrons. The van der Waals surface area contributed by atoms with E-state index in [1.54, 1.807) is 25.7 Å². The van der Waals surface area contributed by atoms with Crippen molar-refractivity contribution in [3.05, 3.63) is 67.4 Å². The highest BCUT2D eigenvalue weighted by molar-refractivity contribution is 5.66. The van der Waals surface area contributed by atoms with E-state index in [2.05, 4.69) is 15.0 Å².